The molecule has 1 amide bonds. The van der Waals surface area contributed by atoms with Gasteiger partial charge in [-0.3, -0.25) is 4.79 Å². The average molecular weight is 351 g/mol. The van der Waals surface area contributed by atoms with E-state index in [2.05, 4.69) is 27.0 Å². The van der Waals surface area contributed by atoms with Crippen molar-refractivity contribution in [1.29, 1.82) is 0 Å². The summed E-state index contributed by atoms with van der Waals surface area (Å²) in [7, 11) is 0. The van der Waals surface area contributed by atoms with E-state index in [1.807, 2.05) is 42.7 Å². The van der Waals surface area contributed by atoms with Crippen LogP contribution in [-0.4, -0.2) is 47.9 Å². The molecule has 6 heteroatoms. The fraction of sp³-hybridized carbons (Fsp3) is 0.300. The van der Waals surface area contributed by atoms with Crippen molar-refractivity contribution >= 4 is 16.9 Å². The maximum atomic E-state index is 12.5. The molecule has 26 heavy (non-hydrogen) atoms. The molecule has 2 heterocycles. The standard InChI is InChI=1S/C20H21N3O3/c24-20(22-17-12-25-8-9-26-13-17)16-6-7-19-18(10-16)21-14-23(19)11-15-4-2-1-3-5-15/h1-7,10,14,17H,8-9,11-13H2,(H,22,24). The minimum Gasteiger partial charge on any atom is -0.377 e. The van der Waals surface area contributed by atoms with Crippen LogP contribution in [0.3, 0.4) is 0 Å². The second kappa shape index (κ2) is 7.68. The maximum absolute atomic E-state index is 12.5. The SMILES string of the molecule is O=C(NC1COCCOC1)c1ccc2c(c1)ncn2Cc1ccccc1. The van der Waals surface area contributed by atoms with E-state index < -0.39 is 0 Å². The van der Waals surface area contributed by atoms with Crippen LogP contribution in [0.5, 0.6) is 0 Å². The van der Waals surface area contributed by atoms with Crippen LogP contribution in [0.1, 0.15) is 15.9 Å². The van der Waals surface area contributed by atoms with Crippen molar-refractivity contribution in [1.82, 2.24) is 14.9 Å². The van der Waals surface area contributed by atoms with Gasteiger partial charge in [0.2, 0.25) is 0 Å². The quantitative estimate of drug-likeness (QED) is 0.783. The summed E-state index contributed by atoms with van der Waals surface area (Å²) in [6.07, 6.45) is 1.81. The number of carbonyl (C=O) groups is 1. The van der Waals surface area contributed by atoms with Crippen LogP contribution in [0.4, 0.5) is 0 Å². The highest BCUT2D eigenvalue weighted by molar-refractivity contribution is 5.97. The van der Waals surface area contributed by atoms with Gasteiger partial charge < -0.3 is 19.4 Å². The monoisotopic (exact) mass is 351 g/mol. The molecule has 0 unspecified atom stereocenters. The Balaban J connectivity index is 1.50. The number of hydrogen-bond acceptors (Lipinski definition) is 4. The Hall–Kier alpha value is -2.70. The number of carbonyl (C=O) groups excluding carboxylic acids is 1. The first-order chi connectivity index (χ1) is 12.8. The maximum Gasteiger partial charge on any atom is 0.251 e. The van der Waals surface area contributed by atoms with Crippen molar-refractivity contribution < 1.29 is 14.3 Å². The Bertz CT molecular complexity index is 884. The Morgan fingerprint density at radius 3 is 2.65 bits per heavy atom. The van der Waals surface area contributed by atoms with Gasteiger partial charge in [-0.1, -0.05) is 30.3 Å². The Kier molecular flexibility index (Phi) is 4.95. The second-order valence-electron chi connectivity index (χ2n) is 6.38. The summed E-state index contributed by atoms with van der Waals surface area (Å²) >= 11 is 0. The fourth-order valence-corrected chi connectivity index (χ4v) is 3.08. The number of nitrogens with zero attached hydrogens (tertiary/aromatic N) is 2. The first-order valence-corrected chi connectivity index (χ1v) is 8.75. The van der Waals surface area contributed by atoms with Crippen LogP contribution >= 0.6 is 0 Å². The van der Waals surface area contributed by atoms with Gasteiger partial charge in [-0.05, 0) is 23.8 Å². The highest BCUT2D eigenvalue weighted by atomic mass is 16.5. The van der Waals surface area contributed by atoms with E-state index in [0.717, 1.165) is 17.6 Å². The number of ether oxygens (including phenoxy) is 2. The second-order valence-corrected chi connectivity index (χ2v) is 6.38. The van der Waals surface area contributed by atoms with Gasteiger partial charge in [0.05, 0.1) is 49.8 Å². The molecule has 1 saturated heterocycles. The van der Waals surface area contributed by atoms with Crippen LogP contribution in [-0.2, 0) is 16.0 Å². The van der Waals surface area contributed by atoms with Gasteiger partial charge in [0.25, 0.3) is 5.91 Å². The molecule has 0 radical (unpaired) electrons. The summed E-state index contributed by atoms with van der Waals surface area (Å²) in [5.41, 5.74) is 3.61. The summed E-state index contributed by atoms with van der Waals surface area (Å²) in [5, 5.41) is 2.96. The molecule has 134 valence electrons. The molecule has 2 aromatic carbocycles. The lowest BCUT2D eigenvalue weighted by atomic mass is 10.1. The predicted molar refractivity (Wildman–Crippen MR) is 98.2 cm³/mol. The van der Waals surface area contributed by atoms with Gasteiger partial charge in [-0.15, -0.1) is 0 Å². The van der Waals surface area contributed by atoms with Crippen molar-refractivity contribution in [2.24, 2.45) is 0 Å². The molecular formula is C20H21N3O3. The van der Waals surface area contributed by atoms with Gasteiger partial charge in [-0.2, -0.15) is 0 Å². The number of aromatic nitrogens is 2. The van der Waals surface area contributed by atoms with E-state index in [0.29, 0.717) is 32.0 Å². The lowest BCUT2D eigenvalue weighted by molar-refractivity contribution is 0.0876. The van der Waals surface area contributed by atoms with Crippen LogP contribution in [0, 0.1) is 0 Å². The predicted octanol–water partition coefficient (Wildman–Crippen LogP) is 2.23. The molecule has 1 N–H and O–H groups in total. The highest BCUT2D eigenvalue weighted by Gasteiger charge is 2.17. The number of amides is 1. The number of rotatable bonds is 4. The number of hydrogen-bond donors (Lipinski definition) is 1. The van der Waals surface area contributed by atoms with Crippen molar-refractivity contribution in [2.75, 3.05) is 26.4 Å². The zero-order valence-corrected chi connectivity index (χ0v) is 14.4. The van der Waals surface area contributed by atoms with Gasteiger partial charge in [0.1, 0.15) is 0 Å². The molecule has 1 aliphatic heterocycles. The Labute approximate surface area is 151 Å². The molecular weight excluding hydrogens is 330 g/mol. The zero-order chi connectivity index (χ0) is 17.8. The molecule has 1 aliphatic rings. The van der Waals surface area contributed by atoms with Crippen molar-refractivity contribution in [3.8, 4) is 0 Å². The van der Waals surface area contributed by atoms with Crippen LogP contribution < -0.4 is 5.32 Å². The van der Waals surface area contributed by atoms with Crippen LogP contribution in [0.2, 0.25) is 0 Å². The molecule has 0 bridgehead atoms. The summed E-state index contributed by atoms with van der Waals surface area (Å²) in [6.45, 7) is 2.83. The number of fused-ring (bicyclic) bond motifs is 1. The molecule has 0 atom stereocenters. The molecule has 1 fully saturated rings. The molecule has 3 aromatic rings. The Morgan fingerprint density at radius 2 is 1.88 bits per heavy atom. The molecule has 6 nitrogen and oxygen atoms in total. The van der Waals surface area contributed by atoms with Gasteiger partial charge >= 0.3 is 0 Å². The van der Waals surface area contributed by atoms with E-state index in [4.69, 9.17) is 9.47 Å². The summed E-state index contributed by atoms with van der Waals surface area (Å²) in [5.74, 6) is -0.136. The number of benzene rings is 2. The van der Waals surface area contributed by atoms with E-state index in [1.54, 1.807) is 0 Å². The lowest BCUT2D eigenvalue weighted by Gasteiger charge is -2.15. The normalized spacial score (nSPS) is 15.7. The summed E-state index contributed by atoms with van der Waals surface area (Å²) in [6, 6.07) is 15.7. The van der Waals surface area contributed by atoms with Gasteiger partial charge in [0, 0.05) is 12.1 Å². The van der Waals surface area contributed by atoms with E-state index >= 15 is 0 Å². The third-order valence-corrected chi connectivity index (χ3v) is 4.42. The van der Waals surface area contributed by atoms with E-state index in [1.165, 1.54) is 5.56 Å². The minimum absolute atomic E-state index is 0.128. The first kappa shape index (κ1) is 16.8. The van der Waals surface area contributed by atoms with Crippen molar-refractivity contribution in [3.05, 3.63) is 66.0 Å². The minimum atomic E-state index is -0.136. The van der Waals surface area contributed by atoms with Crippen LogP contribution in [0.25, 0.3) is 11.0 Å². The largest absolute Gasteiger partial charge is 0.377 e. The third-order valence-electron chi connectivity index (χ3n) is 4.42. The lowest BCUT2D eigenvalue weighted by Crippen LogP contribution is -2.40. The Morgan fingerprint density at radius 1 is 1.12 bits per heavy atom. The molecule has 0 aliphatic carbocycles. The summed E-state index contributed by atoms with van der Waals surface area (Å²) < 4.78 is 12.9. The number of imidazole rings is 1. The smallest absolute Gasteiger partial charge is 0.251 e. The zero-order valence-electron chi connectivity index (χ0n) is 14.4. The van der Waals surface area contributed by atoms with E-state index in [9.17, 15) is 4.79 Å². The topological polar surface area (TPSA) is 65.4 Å². The molecule has 1 aromatic heterocycles. The molecule has 4 rings (SSSR count). The van der Waals surface area contributed by atoms with Gasteiger partial charge in [0.15, 0.2) is 0 Å². The average Bonchev–Trinajstić information content (AvgIpc) is 2.88. The molecule has 0 spiro atoms. The fourth-order valence-electron chi connectivity index (χ4n) is 3.08. The van der Waals surface area contributed by atoms with Crippen LogP contribution in [0.15, 0.2) is 54.9 Å². The summed E-state index contributed by atoms with van der Waals surface area (Å²) in [4.78, 5) is 17.0. The van der Waals surface area contributed by atoms with Gasteiger partial charge in [-0.25, -0.2) is 4.98 Å². The number of nitrogens with one attached hydrogen (secondary N) is 1. The highest BCUT2D eigenvalue weighted by Crippen LogP contribution is 2.17. The first-order valence-electron chi connectivity index (χ1n) is 8.75. The molecule has 0 saturated carbocycles. The van der Waals surface area contributed by atoms with E-state index in [-0.39, 0.29) is 11.9 Å². The van der Waals surface area contributed by atoms with Crippen molar-refractivity contribution in [3.63, 3.8) is 0 Å². The van der Waals surface area contributed by atoms with Crippen molar-refractivity contribution in [2.45, 2.75) is 12.6 Å². The third kappa shape index (κ3) is 3.76.